The topological polar surface area (TPSA) is 64.4 Å². The van der Waals surface area contributed by atoms with E-state index >= 15 is 0 Å². The number of thioether (sulfide) groups is 1. The molecule has 8 heteroatoms. The van der Waals surface area contributed by atoms with Crippen molar-refractivity contribution in [2.45, 2.75) is 19.0 Å². The first-order chi connectivity index (χ1) is 14.5. The Bertz CT molecular complexity index is 1170. The summed E-state index contributed by atoms with van der Waals surface area (Å²) in [6.07, 6.45) is 0. The third-order valence-corrected chi connectivity index (χ3v) is 6.46. The van der Waals surface area contributed by atoms with E-state index in [1.807, 2.05) is 32.0 Å². The second-order valence-electron chi connectivity index (χ2n) is 7.20. The Morgan fingerprint density at radius 1 is 1.20 bits per heavy atom. The van der Waals surface area contributed by atoms with Gasteiger partial charge in [0.05, 0.1) is 35.6 Å². The molecule has 1 aliphatic rings. The maximum absolute atomic E-state index is 13.4. The quantitative estimate of drug-likeness (QED) is 0.455. The van der Waals surface area contributed by atoms with Gasteiger partial charge in [-0.15, -0.1) is 0 Å². The molecule has 1 amide bonds. The number of aromatic nitrogens is 2. The highest BCUT2D eigenvalue weighted by molar-refractivity contribution is 7.99. The van der Waals surface area contributed by atoms with E-state index in [0.29, 0.717) is 47.4 Å². The molecule has 0 spiro atoms. The van der Waals surface area contributed by atoms with Gasteiger partial charge in [0.1, 0.15) is 0 Å². The number of benzene rings is 2. The smallest absolute Gasteiger partial charge is 0.266 e. The molecule has 3 aromatic rings. The van der Waals surface area contributed by atoms with Crippen LogP contribution >= 0.6 is 23.4 Å². The number of amides is 1. The van der Waals surface area contributed by atoms with Crippen molar-refractivity contribution < 1.29 is 9.53 Å². The van der Waals surface area contributed by atoms with Gasteiger partial charge in [-0.1, -0.05) is 35.5 Å². The molecule has 0 aliphatic carbocycles. The first kappa shape index (κ1) is 20.9. The predicted molar refractivity (Wildman–Crippen MR) is 120 cm³/mol. The summed E-state index contributed by atoms with van der Waals surface area (Å²) in [5.74, 6) is 0.208. The van der Waals surface area contributed by atoms with Crippen molar-refractivity contribution in [3.05, 3.63) is 62.9 Å². The average Bonchev–Trinajstić information content (AvgIpc) is 2.75. The summed E-state index contributed by atoms with van der Waals surface area (Å²) in [5.41, 5.74) is 3.19. The lowest BCUT2D eigenvalue weighted by molar-refractivity contribution is -0.132. The van der Waals surface area contributed by atoms with Crippen molar-refractivity contribution in [3.63, 3.8) is 0 Å². The number of carbonyl (C=O) groups excluding carboxylic acids is 1. The third kappa shape index (κ3) is 4.10. The molecule has 0 radical (unpaired) electrons. The van der Waals surface area contributed by atoms with Gasteiger partial charge in [0.2, 0.25) is 5.91 Å². The number of nitrogens with zero attached hydrogens (tertiary/aromatic N) is 3. The molecule has 2 heterocycles. The van der Waals surface area contributed by atoms with Crippen LogP contribution in [0, 0.1) is 13.8 Å². The molecule has 1 fully saturated rings. The molecule has 30 heavy (non-hydrogen) atoms. The van der Waals surface area contributed by atoms with Crippen LogP contribution in [0.2, 0.25) is 5.02 Å². The van der Waals surface area contributed by atoms with Gasteiger partial charge in [-0.3, -0.25) is 14.2 Å². The zero-order valence-corrected chi connectivity index (χ0v) is 18.4. The van der Waals surface area contributed by atoms with Crippen LogP contribution in [0.5, 0.6) is 0 Å². The number of rotatable bonds is 4. The minimum atomic E-state index is -0.174. The second-order valence-corrected chi connectivity index (χ2v) is 8.58. The molecule has 2 aromatic carbocycles. The Balaban J connectivity index is 1.79. The lowest BCUT2D eigenvalue weighted by Gasteiger charge is -2.26. The van der Waals surface area contributed by atoms with Crippen LogP contribution in [0.1, 0.15) is 11.1 Å². The highest BCUT2D eigenvalue weighted by atomic mass is 35.5. The minimum absolute atomic E-state index is 0.0104. The molecule has 0 atom stereocenters. The number of morpholine rings is 1. The summed E-state index contributed by atoms with van der Waals surface area (Å²) in [4.78, 5) is 32.6. The van der Waals surface area contributed by atoms with E-state index in [1.54, 1.807) is 27.7 Å². The first-order valence-corrected chi connectivity index (χ1v) is 11.1. The fourth-order valence-electron chi connectivity index (χ4n) is 3.46. The SMILES string of the molecule is Cc1cccc(-n2c(SCC(=O)N3CCOCC3)nc3cc(Cl)ccc3c2=O)c1C. The number of hydrogen-bond donors (Lipinski definition) is 0. The number of hydrogen-bond acceptors (Lipinski definition) is 5. The highest BCUT2D eigenvalue weighted by Gasteiger charge is 2.20. The van der Waals surface area contributed by atoms with Gasteiger partial charge in [0, 0.05) is 18.1 Å². The van der Waals surface area contributed by atoms with Gasteiger partial charge >= 0.3 is 0 Å². The fraction of sp³-hybridized carbons (Fsp3) is 0.318. The zero-order chi connectivity index (χ0) is 21.3. The van der Waals surface area contributed by atoms with E-state index in [2.05, 4.69) is 0 Å². The van der Waals surface area contributed by atoms with Crippen molar-refractivity contribution >= 4 is 40.2 Å². The number of aryl methyl sites for hydroxylation is 1. The second kappa shape index (κ2) is 8.79. The Morgan fingerprint density at radius 3 is 2.73 bits per heavy atom. The molecule has 6 nitrogen and oxygen atoms in total. The molecule has 0 bridgehead atoms. The number of ether oxygens (including phenoxy) is 1. The standard InChI is InChI=1S/C22H22ClN3O3S/c1-14-4-3-5-19(15(14)2)26-21(28)17-7-6-16(23)12-18(17)24-22(26)30-13-20(27)25-8-10-29-11-9-25/h3-7,12H,8-11,13H2,1-2H3. The van der Waals surface area contributed by atoms with Crippen LogP contribution in [0.25, 0.3) is 16.6 Å². The first-order valence-electron chi connectivity index (χ1n) is 9.73. The molecule has 0 saturated carbocycles. The molecule has 1 aromatic heterocycles. The van der Waals surface area contributed by atoms with Crippen molar-refractivity contribution in [2.24, 2.45) is 0 Å². The summed E-state index contributed by atoms with van der Waals surface area (Å²) in [7, 11) is 0. The number of fused-ring (bicyclic) bond motifs is 1. The minimum Gasteiger partial charge on any atom is -0.378 e. The molecule has 1 aliphatic heterocycles. The Labute approximate surface area is 183 Å². The van der Waals surface area contributed by atoms with Gasteiger partial charge < -0.3 is 9.64 Å². The maximum atomic E-state index is 13.4. The Hall–Kier alpha value is -2.35. The van der Waals surface area contributed by atoms with E-state index < -0.39 is 0 Å². The van der Waals surface area contributed by atoms with Gasteiger partial charge in [0.15, 0.2) is 5.16 Å². The fourth-order valence-corrected chi connectivity index (χ4v) is 4.53. The number of halogens is 1. The van der Waals surface area contributed by atoms with Crippen LogP contribution in [-0.4, -0.2) is 52.4 Å². The number of carbonyl (C=O) groups is 1. The normalized spacial score (nSPS) is 14.3. The monoisotopic (exact) mass is 443 g/mol. The van der Waals surface area contributed by atoms with Crippen LogP contribution in [0.3, 0.4) is 0 Å². The van der Waals surface area contributed by atoms with Crippen LogP contribution in [0.4, 0.5) is 0 Å². The predicted octanol–water partition coefficient (Wildman–Crippen LogP) is 3.61. The van der Waals surface area contributed by atoms with E-state index in [-0.39, 0.29) is 17.2 Å². The van der Waals surface area contributed by atoms with Gasteiger partial charge in [-0.2, -0.15) is 0 Å². The largest absolute Gasteiger partial charge is 0.378 e. The molecule has 1 saturated heterocycles. The van der Waals surface area contributed by atoms with Gasteiger partial charge in [-0.05, 0) is 49.2 Å². The molecule has 156 valence electrons. The van der Waals surface area contributed by atoms with E-state index in [4.69, 9.17) is 21.3 Å². The maximum Gasteiger partial charge on any atom is 0.266 e. The molecule has 0 N–H and O–H groups in total. The van der Waals surface area contributed by atoms with Crippen molar-refractivity contribution in [3.8, 4) is 5.69 Å². The van der Waals surface area contributed by atoms with Gasteiger partial charge in [-0.25, -0.2) is 4.98 Å². The summed E-state index contributed by atoms with van der Waals surface area (Å²) in [5, 5.41) is 1.48. The summed E-state index contributed by atoms with van der Waals surface area (Å²) < 4.78 is 6.93. The van der Waals surface area contributed by atoms with Crippen LogP contribution < -0.4 is 5.56 Å². The van der Waals surface area contributed by atoms with Crippen molar-refractivity contribution in [2.75, 3.05) is 32.1 Å². The van der Waals surface area contributed by atoms with Crippen LogP contribution in [-0.2, 0) is 9.53 Å². The zero-order valence-electron chi connectivity index (χ0n) is 16.9. The van der Waals surface area contributed by atoms with Gasteiger partial charge in [0.25, 0.3) is 5.56 Å². The summed E-state index contributed by atoms with van der Waals surface area (Å²) in [6.45, 7) is 6.27. The van der Waals surface area contributed by atoms with E-state index in [0.717, 1.165) is 16.8 Å². The lowest BCUT2D eigenvalue weighted by atomic mass is 10.1. The molecule has 4 rings (SSSR count). The lowest BCUT2D eigenvalue weighted by Crippen LogP contribution is -2.41. The van der Waals surface area contributed by atoms with E-state index in [1.165, 1.54) is 11.8 Å². The Morgan fingerprint density at radius 2 is 1.97 bits per heavy atom. The molecule has 0 unspecified atom stereocenters. The van der Waals surface area contributed by atoms with Crippen molar-refractivity contribution in [1.29, 1.82) is 0 Å². The van der Waals surface area contributed by atoms with Crippen molar-refractivity contribution in [1.82, 2.24) is 14.5 Å². The summed E-state index contributed by atoms with van der Waals surface area (Å²) >= 11 is 7.40. The third-order valence-electron chi connectivity index (χ3n) is 5.31. The van der Waals surface area contributed by atoms with E-state index in [9.17, 15) is 9.59 Å². The van der Waals surface area contributed by atoms with Crippen LogP contribution in [0.15, 0.2) is 46.3 Å². The summed E-state index contributed by atoms with van der Waals surface area (Å²) in [6, 6.07) is 10.9. The highest BCUT2D eigenvalue weighted by Crippen LogP contribution is 2.26. The molecular formula is C22H22ClN3O3S. The molecular weight excluding hydrogens is 422 g/mol. The average molecular weight is 444 g/mol. The Kier molecular flexibility index (Phi) is 6.13.